The topological polar surface area (TPSA) is 26.0 Å². The van der Waals surface area contributed by atoms with Crippen LogP contribution in [0.25, 0.3) is 11.1 Å². The maximum atomic E-state index is 6.21. The van der Waals surface area contributed by atoms with E-state index in [1.54, 1.807) is 12.1 Å². The first kappa shape index (κ1) is 14.0. The second-order valence-electron chi connectivity index (χ2n) is 3.73. The molecule has 0 atom stereocenters. The molecule has 2 aromatic carbocycles. The summed E-state index contributed by atoms with van der Waals surface area (Å²) in [5.74, 6) is 0. The average Bonchev–Trinajstić information content (AvgIpc) is 2.37. The van der Waals surface area contributed by atoms with Gasteiger partial charge < -0.3 is 5.73 Å². The van der Waals surface area contributed by atoms with E-state index in [2.05, 4.69) is 0 Å². The largest absolute Gasteiger partial charge is 0.326 e. The van der Waals surface area contributed by atoms with Gasteiger partial charge in [-0.3, -0.25) is 0 Å². The standard InChI is InChI=1S/C13H9Cl4N/c14-8-1-2-9(7(5-8)6-18)10-3-4-11(15)13(17)12(10)16/h1-5H,6,18H2. The van der Waals surface area contributed by atoms with Crippen LogP contribution >= 0.6 is 46.4 Å². The van der Waals surface area contributed by atoms with Gasteiger partial charge in [-0.05, 0) is 29.3 Å². The Morgan fingerprint density at radius 2 is 1.50 bits per heavy atom. The number of rotatable bonds is 2. The summed E-state index contributed by atoms with van der Waals surface area (Å²) in [5, 5.41) is 1.82. The maximum absolute atomic E-state index is 6.21. The predicted molar refractivity (Wildman–Crippen MR) is 79.8 cm³/mol. The molecule has 0 saturated heterocycles. The quantitative estimate of drug-likeness (QED) is 0.734. The lowest BCUT2D eigenvalue weighted by atomic mass is 9.99. The van der Waals surface area contributed by atoms with E-state index in [4.69, 9.17) is 52.1 Å². The van der Waals surface area contributed by atoms with Crippen molar-refractivity contribution in [2.24, 2.45) is 5.73 Å². The number of benzene rings is 2. The van der Waals surface area contributed by atoms with E-state index in [1.165, 1.54) is 0 Å². The van der Waals surface area contributed by atoms with Crippen LogP contribution in [0.15, 0.2) is 30.3 Å². The molecule has 0 aliphatic heterocycles. The molecule has 0 bridgehead atoms. The van der Waals surface area contributed by atoms with Crippen molar-refractivity contribution in [2.45, 2.75) is 6.54 Å². The van der Waals surface area contributed by atoms with Gasteiger partial charge in [0.1, 0.15) is 0 Å². The van der Waals surface area contributed by atoms with Gasteiger partial charge in [0.25, 0.3) is 0 Å². The predicted octanol–water partition coefficient (Wildman–Crippen LogP) is 5.43. The van der Waals surface area contributed by atoms with Crippen molar-refractivity contribution in [3.8, 4) is 11.1 Å². The molecular weight excluding hydrogens is 312 g/mol. The molecule has 0 aromatic heterocycles. The Hall–Kier alpha value is -0.440. The number of halogens is 4. The van der Waals surface area contributed by atoms with Crippen LogP contribution in [0.2, 0.25) is 20.1 Å². The summed E-state index contributed by atoms with van der Waals surface area (Å²) in [7, 11) is 0. The van der Waals surface area contributed by atoms with Crippen molar-refractivity contribution in [3.63, 3.8) is 0 Å². The third-order valence-corrected chi connectivity index (χ3v) is 4.14. The van der Waals surface area contributed by atoms with Gasteiger partial charge in [0.15, 0.2) is 0 Å². The Balaban J connectivity index is 2.66. The third kappa shape index (κ3) is 2.61. The van der Waals surface area contributed by atoms with Crippen molar-refractivity contribution >= 4 is 46.4 Å². The van der Waals surface area contributed by atoms with E-state index in [0.29, 0.717) is 26.6 Å². The van der Waals surface area contributed by atoms with E-state index < -0.39 is 0 Å². The SMILES string of the molecule is NCc1cc(Cl)ccc1-c1ccc(Cl)c(Cl)c1Cl. The van der Waals surface area contributed by atoms with Crippen LogP contribution in [-0.4, -0.2) is 0 Å². The third-order valence-electron chi connectivity index (χ3n) is 2.61. The van der Waals surface area contributed by atoms with E-state index in [0.717, 1.165) is 16.7 Å². The van der Waals surface area contributed by atoms with Gasteiger partial charge in [-0.25, -0.2) is 0 Å². The zero-order valence-electron chi connectivity index (χ0n) is 9.18. The molecule has 0 aliphatic carbocycles. The van der Waals surface area contributed by atoms with Gasteiger partial charge in [0.05, 0.1) is 15.1 Å². The monoisotopic (exact) mass is 319 g/mol. The number of hydrogen-bond donors (Lipinski definition) is 1. The lowest BCUT2D eigenvalue weighted by molar-refractivity contribution is 1.07. The molecule has 94 valence electrons. The molecule has 1 nitrogen and oxygen atoms in total. The van der Waals surface area contributed by atoms with Crippen LogP contribution in [-0.2, 0) is 6.54 Å². The maximum Gasteiger partial charge on any atom is 0.0784 e. The molecule has 2 N–H and O–H groups in total. The van der Waals surface area contributed by atoms with Gasteiger partial charge in [-0.15, -0.1) is 0 Å². The minimum absolute atomic E-state index is 0.341. The molecule has 0 saturated carbocycles. The summed E-state index contributed by atoms with van der Waals surface area (Å²) in [6.07, 6.45) is 0. The van der Waals surface area contributed by atoms with Gasteiger partial charge in [-0.1, -0.05) is 58.5 Å². The smallest absolute Gasteiger partial charge is 0.0784 e. The molecule has 0 aliphatic rings. The second-order valence-corrected chi connectivity index (χ2v) is 5.33. The zero-order chi connectivity index (χ0) is 13.3. The Kier molecular flexibility index (Phi) is 4.41. The van der Waals surface area contributed by atoms with E-state index in [-0.39, 0.29) is 0 Å². The Labute approximate surface area is 125 Å². The molecule has 0 unspecified atom stereocenters. The van der Waals surface area contributed by atoms with Crippen molar-refractivity contribution in [2.75, 3.05) is 0 Å². The van der Waals surface area contributed by atoms with Crippen molar-refractivity contribution in [1.29, 1.82) is 0 Å². The Bertz CT molecular complexity index is 596. The lowest BCUT2D eigenvalue weighted by Gasteiger charge is -2.12. The normalized spacial score (nSPS) is 10.7. The molecule has 0 spiro atoms. The van der Waals surface area contributed by atoms with Crippen LogP contribution in [0.5, 0.6) is 0 Å². The summed E-state index contributed by atoms with van der Waals surface area (Å²) >= 11 is 24.1. The Morgan fingerprint density at radius 1 is 0.833 bits per heavy atom. The van der Waals surface area contributed by atoms with Gasteiger partial charge in [0.2, 0.25) is 0 Å². The number of nitrogens with two attached hydrogens (primary N) is 1. The fourth-order valence-corrected chi connectivity index (χ4v) is 2.56. The molecular formula is C13H9Cl4N. The summed E-state index contributed by atoms with van der Waals surface area (Å²) in [4.78, 5) is 0. The molecule has 5 heteroatoms. The molecule has 0 radical (unpaired) electrons. The Morgan fingerprint density at radius 3 is 2.17 bits per heavy atom. The fraction of sp³-hybridized carbons (Fsp3) is 0.0769. The molecule has 0 amide bonds. The van der Waals surface area contributed by atoms with E-state index >= 15 is 0 Å². The minimum atomic E-state index is 0.341. The summed E-state index contributed by atoms with van der Waals surface area (Å²) < 4.78 is 0. The number of hydrogen-bond acceptors (Lipinski definition) is 1. The first-order valence-corrected chi connectivity index (χ1v) is 6.68. The highest BCUT2D eigenvalue weighted by Gasteiger charge is 2.13. The van der Waals surface area contributed by atoms with Crippen molar-refractivity contribution < 1.29 is 0 Å². The minimum Gasteiger partial charge on any atom is -0.326 e. The van der Waals surface area contributed by atoms with E-state index in [1.807, 2.05) is 18.2 Å². The molecule has 2 rings (SSSR count). The van der Waals surface area contributed by atoms with Crippen LogP contribution in [0.1, 0.15) is 5.56 Å². The van der Waals surface area contributed by atoms with Crippen LogP contribution in [0.3, 0.4) is 0 Å². The van der Waals surface area contributed by atoms with E-state index in [9.17, 15) is 0 Å². The molecule has 2 aromatic rings. The highest BCUT2D eigenvalue weighted by atomic mass is 35.5. The summed E-state index contributed by atoms with van der Waals surface area (Å²) in [6, 6.07) is 9.00. The second kappa shape index (κ2) is 5.68. The first-order valence-electron chi connectivity index (χ1n) is 5.17. The van der Waals surface area contributed by atoms with Crippen LogP contribution < -0.4 is 5.73 Å². The van der Waals surface area contributed by atoms with Crippen LogP contribution in [0, 0.1) is 0 Å². The molecule has 0 heterocycles. The lowest BCUT2D eigenvalue weighted by Crippen LogP contribution is -1.99. The zero-order valence-corrected chi connectivity index (χ0v) is 12.2. The van der Waals surface area contributed by atoms with Gasteiger partial charge in [0, 0.05) is 17.1 Å². The van der Waals surface area contributed by atoms with Gasteiger partial charge >= 0.3 is 0 Å². The molecule has 0 fully saturated rings. The summed E-state index contributed by atoms with van der Waals surface area (Å²) in [5.41, 5.74) is 8.32. The van der Waals surface area contributed by atoms with Crippen molar-refractivity contribution in [3.05, 3.63) is 56.0 Å². The molecule has 18 heavy (non-hydrogen) atoms. The fourth-order valence-electron chi connectivity index (χ4n) is 1.73. The highest BCUT2D eigenvalue weighted by Crippen LogP contribution is 2.39. The van der Waals surface area contributed by atoms with Gasteiger partial charge in [-0.2, -0.15) is 0 Å². The first-order chi connectivity index (χ1) is 8.54. The average molecular weight is 321 g/mol. The van der Waals surface area contributed by atoms with Crippen LogP contribution in [0.4, 0.5) is 0 Å². The highest BCUT2D eigenvalue weighted by molar-refractivity contribution is 6.49. The van der Waals surface area contributed by atoms with Crippen molar-refractivity contribution in [1.82, 2.24) is 0 Å². The summed E-state index contributed by atoms with van der Waals surface area (Å²) in [6.45, 7) is 0.368.